The molecule has 3 rings (SSSR count). The lowest BCUT2D eigenvalue weighted by Gasteiger charge is -2.26. The fourth-order valence-electron chi connectivity index (χ4n) is 3.77. The molecular formula is C23H33N5O3. The molecule has 0 radical (unpaired) electrons. The van der Waals surface area contributed by atoms with Gasteiger partial charge in [-0.3, -0.25) is 19.2 Å². The zero-order chi connectivity index (χ0) is 22.2. The van der Waals surface area contributed by atoms with Gasteiger partial charge in [-0.25, -0.2) is 0 Å². The lowest BCUT2D eigenvalue weighted by molar-refractivity contribution is -0.121. The first-order valence-corrected chi connectivity index (χ1v) is 10.9. The Hall–Kier alpha value is -2.71. The maximum Gasteiger partial charge on any atom is 0.225 e. The van der Waals surface area contributed by atoms with E-state index < -0.39 is 0 Å². The number of nitrogens with zero attached hydrogens (tertiary/aromatic N) is 3. The third-order valence-corrected chi connectivity index (χ3v) is 5.72. The molecule has 0 aliphatic carbocycles. The van der Waals surface area contributed by atoms with E-state index in [2.05, 4.69) is 20.6 Å². The molecule has 2 aromatic rings. The normalized spacial score (nSPS) is 14.4. The highest BCUT2D eigenvalue weighted by Gasteiger charge is 2.13. The molecule has 2 amide bonds. The van der Waals surface area contributed by atoms with Gasteiger partial charge in [0.2, 0.25) is 11.8 Å². The van der Waals surface area contributed by atoms with E-state index in [-0.39, 0.29) is 11.8 Å². The Kier molecular flexibility index (Phi) is 8.20. The molecule has 0 atom stereocenters. The summed E-state index contributed by atoms with van der Waals surface area (Å²) in [6.45, 7) is 8.38. The number of carbonyl (C=O) groups excluding carboxylic acids is 2. The van der Waals surface area contributed by atoms with Gasteiger partial charge in [0.05, 0.1) is 18.9 Å². The Bertz CT molecular complexity index is 903. The van der Waals surface area contributed by atoms with Gasteiger partial charge in [-0.1, -0.05) is 12.1 Å². The van der Waals surface area contributed by atoms with E-state index in [9.17, 15) is 9.59 Å². The van der Waals surface area contributed by atoms with Crippen molar-refractivity contribution in [3.63, 3.8) is 0 Å². The van der Waals surface area contributed by atoms with Crippen molar-refractivity contribution in [3.8, 4) is 0 Å². The number of rotatable bonds is 9. The van der Waals surface area contributed by atoms with Crippen LogP contribution in [0.2, 0.25) is 0 Å². The number of aromatic nitrogens is 2. The third-order valence-electron chi connectivity index (χ3n) is 5.72. The topological polar surface area (TPSA) is 88.5 Å². The van der Waals surface area contributed by atoms with Crippen molar-refractivity contribution < 1.29 is 14.3 Å². The molecule has 2 heterocycles. The van der Waals surface area contributed by atoms with Gasteiger partial charge in [-0.05, 0) is 43.5 Å². The van der Waals surface area contributed by atoms with Crippen LogP contribution < -0.4 is 10.6 Å². The molecular weight excluding hydrogens is 394 g/mol. The molecule has 1 fully saturated rings. The van der Waals surface area contributed by atoms with E-state index in [0.29, 0.717) is 25.8 Å². The highest BCUT2D eigenvalue weighted by molar-refractivity contribution is 5.90. The van der Waals surface area contributed by atoms with Crippen LogP contribution >= 0.6 is 0 Å². The number of benzene rings is 1. The van der Waals surface area contributed by atoms with Crippen molar-refractivity contribution in [1.82, 2.24) is 20.0 Å². The van der Waals surface area contributed by atoms with Crippen LogP contribution in [0.1, 0.15) is 35.4 Å². The lowest BCUT2D eigenvalue weighted by Crippen LogP contribution is -2.38. The van der Waals surface area contributed by atoms with Crippen LogP contribution in [0, 0.1) is 13.8 Å². The van der Waals surface area contributed by atoms with E-state index in [1.807, 2.05) is 49.8 Å². The van der Waals surface area contributed by atoms with Crippen LogP contribution in [-0.4, -0.2) is 59.3 Å². The van der Waals surface area contributed by atoms with E-state index >= 15 is 0 Å². The molecule has 1 saturated heterocycles. The van der Waals surface area contributed by atoms with E-state index in [0.717, 1.165) is 61.1 Å². The molecule has 2 N–H and O–H groups in total. The summed E-state index contributed by atoms with van der Waals surface area (Å²) in [5.74, 6) is -0.00232. The summed E-state index contributed by atoms with van der Waals surface area (Å²) in [6, 6.07) is 7.61. The summed E-state index contributed by atoms with van der Waals surface area (Å²) in [5, 5.41) is 10.3. The summed E-state index contributed by atoms with van der Waals surface area (Å²) >= 11 is 0. The number of anilines is 1. The molecule has 1 aliphatic rings. The van der Waals surface area contributed by atoms with Crippen molar-refractivity contribution in [2.75, 3.05) is 38.2 Å². The Balaban J connectivity index is 1.42. The smallest absolute Gasteiger partial charge is 0.225 e. The zero-order valence-corrected chi connectivity index (χ0v) is 18.7. The van der Waals surface area contributed by atoms with Crippen molar-refractivity contribution in [3.05, 3.63) is 46.8 Å². The number of hydrogen-bond donors (Lipinski definition) is 2. The van der Waals surface area contributed by atoms with Crippen LogP contribution in [0.4, 0.5) is 5.69 Å². The maximum atomic E-state index is 12.3. The molecule has 31 heavy (non-hydrogen) atoms. The first-order chi connectivity index (χ1) is 14.9. The average molecular weight is 428 g/mol. The molecule has 8 nitrogen and oxygen atoms in total. The second-order valence-corrected chi connectivity index (χ2v) is 8.00. The number of hydrogen-bond acceptors (Lipinski definition) is 5. The summed E-state index contributed by atoms with van der Waals surface area (Å²) in [7, 11) is 1.92. The molecule has 168 valence electrons. The molecule has 0 saturated carbocycles. The predicted molar refractivity (Wildman–Crippen MR) is 120 cm³/mol. The Morgan fingerprint density at radius 3 is 2.61 bits per heavy atom. The SMILES string of the molecule is Cc1nn(C)c(C)c1CCC(=O)NCc1cccc(NC(=O)CCN2CCOCC2)c1. The monoisotopic (exact) mass is 427 g/mol. The summed E-state index contributed by atoms with van der Waals surface area (Å²) in [6.07, 6.45) is 1.55. The minimum Gasteiger partial charge on any atom is -0.379 e. The quantitative estimate of drug-likeness (QED) is 0.639. The van der Waals surface area contributed by atoms with Gasteiger partial charge in [-0.2, -0.15) is 5.10 Å². The van der Waals surface area contributed by atoms with Crippen LogP contribution in [0.25, 0.3) is 0 Å². The second kappa shape index (κ2) is 11.1. The average Bonchev–Trinajstić information content (AvgIpc) is 3.01. The van der Waals surface area contributed by atoms with Gasteiger partial charge in [0, 0.05) is 57.4 Å². The number of morpholine rings is 1. The minimum absolute atomic E-state index is 0.00241. The number of aryl methyl sites for hydroxylation is 2. The van der Waals surface area contributed by atoms with Crippen molar-refractivity contribution in [2.24, 2.45) is 7.05 Å². The Morgan fingerprint density at radius 1 is 1.13 bits per heavy atom. The second-order valence-electron chi connectivity index (χ2n) is 8.00. The van der Waals surface area contributed by atoms with Crippen LogP contribution in [0.3, 0.4) is 0 Å². The molecule has 0 spiro atoms. The summed E-state index contributed by atoms with van der Waals surface area (Å²) in [4.78, 5) is 26.8. The molecule has 1 aromatic heterocycles. The predicted octanol–water partition coefficient (Wildman–Crippen LogP) is 1.95. The number of nitrogens with one attached hydrogen (secondary N) is 2. The van der Waals surface area contributed by atoms with Gasteiger partial charge in [-0.15, -0.1) is 0 Å². The van der Waals surface area contributed by atoms with Gasteiger partial charge in [0.25, 0.3) is 0 Å². The number of ether oxygens (including phenoxy) is 1. The molecule has 1 aliphatic heterocycles. The molecule has 8 heteroatoms. The number of carbonyl (C=O) groups is 2. The van der Waals surface area contributed by atoms with Crippen molar-refractivity contribution in [1.29, 1.82) is 0 Å². The zero-order valence-electron chi connectivity index (χ0n) is 18.7. The van der Waals surface area contributed by atoms with Crippen LogP contribution in [0.5, 0.6) is 0 Å². The van der Waals surface area contributed by atoms with Gasteiger partial charge in [0.1, 0.15) is 0 Å². The highest BCUT2D eigenvalue weighted by atomic mass is 16.5. The number of amides is 2. The van der Waals surface area contributed by atoms with Crippen molar-refractivity contribution in [2.45, 2.75) is 39.7 Å². The first-order valence-electron chi connectivity index (χ1n) is 10.9. The fourth-order valence-corrected chi connectivity index (χ4v) is 3.77. The third kappa shape index (κ3) is 6.90. The maximum absolute atomic E-state index is 12.3. The highest BCUT2D eigenvalue weighted by Crippen LogP contribution is 2.14. The standard InChI is InChI=1S/C23H33N5O3/c1-17-21(18(2)27(3)26-17)7-8-22(29)24-16-19-5-4-6-20(15-19)25-23(30)9-10-28-11-13-31-14-12-28/h4-6,15H,7-14,16H2,1-3H3,(H,24,29)(H,25,30). The fraction of sp³-hybridized carbons (Fsp3) is 0.522. The van der Waals surface area contributed by atoms with Crippen molar-refractivity contribution >= 4 is 17.5 Å². The Morgan fingerprint density at radius 2 is 1.90 bits per heavy atom. The lowest BCUT2D eigenvalue weighted by atomic mass is 10.1. The van der Waals surface area contributed by atoms with Gasteiger partial charge in [0.15, 0.2) is 0 Å². The minimum atomic E-state index is -0.00473. The van der Waals surface area contributed by atoms with Gasteiger partial charge < -0.3 is 15.4 Å². The summed E-state index contributed by atoms with van der Waals surface area (Å²) in [5.41, 5.74) is 4.92. The van der Waals surface area contributed by atoms with Crippen LogP contribution in [-0.2, 0) is 34.3 Å². The van der Waals surface area contributed by atoms with Gasteiger partial charge >= 0.3 is 0 Å². The molecule has 0 unspecified atom stereocenters. The van der Waals surface area contributed by atoms with Crippen LogP contribution in [0.15, 0.2) is 24.3 Å². The van der Waals surface area contributed by atoms with E-state index in [4.69, 9.17) is 4.74 Å². The molecule has 0 bridgehead atoms. The Labute approximate surface area is 183 Å². The summed E-state index contributed by atoms with van der Waals surface area (Å²) < 4.78 is 7.18. The van der Waals surface area contributed by atoms with E-state index in [1.165, 1.54) is 0 Å². The molecule has 1 aromatic carbocycles. The first kappa shape index (κ1) is 23.0. The van der Waals surface area contributed by atoms with E-state index in [1.54, 1.807) is 0 Å². The largest absolute Gasteiger partial charge is 0.379 e.